The Morgan fingerprint density at radius 1 is 1.40 bits per heavy atom. The largest absolute Gasteiger partial charge is 0.477 e. The van der Waals surface area contributed by atoms with Crippen LogP contribution in [0.5, 0.6) is 0 Å². The zero-order valence-electron chi connectivity index (χ0n) is 7.35. The molecule has 0 fully saturated rings. The first-order chi connectivity index (χ1) is 7.18. The number of carboxylic acid groups (broad SMARTS) is 1. The first-order valence-corrected chi connectivity index (χ1v) is 3.97. The van der Waals surface area contributed by atoms with Gasteiger partial charge in [0.05, 0.1) is 12.4 Å². The van der Waals surface area contributed by atoms with Crippen LogP contribution in [0.4, 0.5) is 4.39 Å². The maximum atomic E-state index is 12.8. The lowest BCUT2D eigenvalue weighted by Gasteiger charge is -1.96. The lowest BCUT2D eigenvalue weighted by Crippen LogP contribution is -1.96. The molecular formula is C9H5FN2O3. The van der Waals surface area contributed by atoms with Gasteiger partial charge in [0.2, 0.25) is 0 Å². The number of carbonyl (C=O) groups is 1. The number of carboxylic acids is 1. The van der Waals surface area contributed by atoms with E-state index in [2.05, 4.69) is 10.1 Å². The summed E-state index contributed by atoms with van der Waals surface area (Å²) in [6, 6.07) is 1.12. The van der Waals surface area contributed by atoms with E-state index < -0.39 is 11.8 Å². The number of halogens is 1. The first kappa shape index (κ1) is 9.32. The quantitative estimate of drug-likeness (QED) is 0.810. The summed E-state index contributed by atoms with van der Waals surface area (Å²) >= 11 is 0. The maximum Gasteiger partial charge on any atom is 0.341 e. The van der Waals surface area contributed by atoms with E-state index in [1.165, 1.54) is 6.20 Å². The molecule has 0 atom stereocenters. The van der Waals surface area contributed by atoms with Crippen molar-refractivity contribution >= 4 is 5.97 Å². The molecule has 0 bridgehead atoms. The molecule has 0 aliphatic carbocycles. The van der Waals surface area contributed by atoms with Crippen LogP contribution >= 0.6 is 0 Å². The molecule has 0 aliphatic rings. The Bertz CT molecular complexity index is 510. The Balaban J connectivity index is 2.54. The standard InChI is InChI=1S/C9H5FN2O3/c10-6-1-5(2-11-3-6)8-7(9(13)14)4-12-15-8/h1-4H,(H,13,14). The number of rotatable bonds is 2. The van der Waals surface area contributed by atoms with E-state index in [0.717, 1.165) is 18.5 Å². The molecule has 2 aromatic heterocycles. The lowest BCUT2D eigenvalue weighted by molar-refractivity contribution is 0.0697. The second-order valence-electron chi connectivity index (χ2n) is 2.77. The third-order valence-corrected chi connectivity index (χ3v) is 1.77. The maximum absolute atomic E-state index is 12.8. The van der Waals surface area contributed by atoms with Gasteiger partial charge in [-0.2, -0.15) is 0 Å². The van der Waals surface area contributed by atoms with Crippen LogP contribution in [-0.4, -0.2) is 21.2 Å². The molecule has 2 rings (SSSR count). The van der Waals surface area contributed by atoms with Crippen molar-refractivity contribution in [1.29, 1.82) is 0 Å². The van der Waals surface area contributed by atoms with Gasteiger partial charge in [0.25, 0.3) is 0 Å². The third-order valence-electron chi connectivity index (χ3n) is 1.77. The summed E-state index contributed by atoms with van der Waals surface area (Å²) in [5, 5.41) is 12.1. The average molecular weight is 208 g/mol. The number of aromatic carboxylic acids is 1. The number of hydrogen-bond acceptors (Lipinski definition) is 4. The van der Waals surface area contributed by atoms with Crippen LogP contribution in [-0.2, 0) is 0 Å². The van der Waals surface area contributed by atoms with Gasteiger partial charge in [0.1, 0.15) is 11.4 Å². The summed E-state index contributed by atoms with van der Waals surface area (Å²) in [6.07, 6.45) is 3.37. The molecule has 76 valence electrons. The Hall–Kier alpha value is -2.24. The molecule has 15 heavy (non-hydrogen) atoms. The van der Waals surface area contributed by atoms with E-state index in [1.54, 1.807) is 0 Å². The van der Waals surface area contributed by atoms with Crippen molar-refractivity contribution < 1.29 is 18.8 Å². The highest BCUT2D eigenvalue weighted by Crippen LogP contribution is 2.23. The highest BCUT2D eigenvalue weighted by atomic mass is 19.1. The molecule has 0 radical (unpaired) electrons. The minimum Gasteiger partial charge on any atom is -0.477 e. The van der Waals surface area contributed by atoms with Crippen LogP contribution in [0.25, 0.3) is 11.3 Å². The average Bonchev–Trinajstić information content (AvgIpc) is 2.65. The Morgan fingerprint density at radius 3 is 2.87 bits per heavy atom. The van der Waals surface area contributed by atoms with Crippen LogP contribution in [0.1, 0.15) is 10.4 Å². The van der Waals surface area contributed by atoms with Gasteiger partial charge in [-0.05, 0) is 6.07 Å². The molecule has 2 heterocycles. The SMILES string of the molecule is O=C(O)c1cnoc1-c1cncc(F)c1. The van der Waals surface area contributed by atoms with Crippen molar-refractivity contribution in [2.45, 2.75) is 0 Å². The van der Waals surface area contributed by atoms with E-state index in [1.807, 2.05) is 0 Å². The molecular weight excluding hydrogens is 203 g/mol. The summed E-state index contributed by atoms with van der Waals surface area (Å²) < 4.78 is 17.5. The Morgan fingerprint density at radius 2 is 2.20 bits per heavy atom. The van der Waals surface area contributed by atoms with Gasteiger partial charge in [-0.3, -0.25) is 4.98 Å². The van der Waals surface area contributed by atoms with Crippen LogP contribution in [0.15, 0.2) is 29.2 Å². The Labute approximate surface area is 83.2 Å². The molecule has 0 saturated heterocycles. The minimum atomic E-state index is -1.18. The molecule has 6 heteroatoms. The predicted octanol–water partition coefficient (Wildman–Crippen LogP) is 1.57. The summed E-state index contributed by atoms with van der Waals surface area (Å²) in [5.41, 5.74) is 0.118. The fourth-order valence-electron chi connectivity index (χ4n) is 1.14. The zero-order chi connectivity index (χ0) is 10.8. The molecule has 0 spiro atoms. The van der Waals surface area contributed by atoms with Gasteiger partial charge >= 0.3 is 5.97 Å². The monoisotopic (exact) mass is 208 g/mol. The fourth-order valence-corrected chi connectivity index (χ4v) is 1.14. The highest BCUT2D eigenvalue weighted by Gasteiger charge is 2.17. The molecule has 2 aromatic rings. The van der Waals surface area contributed by atoms with E-state index in [-0.39, 0.29) is 16.9 Å². The number of pyridine rings is 1. The molecule has 0 unspecified atom stereocenters. The molecule has 5 nitrogen and oxygen atoms in total. The normalized spacial score (nSPS) is 10.2. The van der Waals surface area contributed by atoms with Gasteiger partial charge in [-0.25, -0.2) is 9.18 Å². The van der Waals surface area contributed by atoms with E-state index in [4.69, 9.17) is 9.63 Å². The van der Waals surface area contributed by atoms with Gasteiger partial charge in [-0.15, -0.1) is 0 Å². The minimum absolute atomic E-state index is 0.00509. The van der Waals surface area contributed by atoms with Crippen LogP contribution in [0.3, 0.4) is 0 Å². The van der Waals surface area contributed by atoms with Crippen molar-refractivity contribution in [3.8, 4) is 11.3 Å². The summed E-state index contributed by atoms with van der Waals surface area (Å²) in [5.74, 6) is -1.76. The second-order valence-corrected chi connectivity index (χ2v) is 2.77. The van der Waals surface area contributed by atoms with Gasteiger partial charge in [-0.1, -0.05) is 5.16 Å². The second kappa shape index (κ2) is 3.49. The summed E-state index contributed by atoms with van der Waals surface area (Å²) in [6.45, 7) is 0. The van der Waals surface area contributed by atoms with Crippen molar-refractivity contribution in [2.75, 3.05) is 0 Å². The van der Waals surface area contributed by atoms with Gasteiger partial charge in [0.15, 0.2) is 5.76 Å². The summed E-state index contributed by atoms with van der Waals surface area (Å²) in [4.78, 5) is 14.3. The topological polar surface area (TPSA) is 76.2 Å². The third kappa shape index (κ3) is 1.69. The van der Waals surface area contributed by atoms with E-state index in [0.29, 0.717) is 0 Å². The van der Waals surface area contributed by atoms with E-state index in [9.17, 15) is 9.18 Å². The molecule has 0 aliphatic heterocycles. The van der Waals surface area contributed by atoms with Gasteiger partial charge in [0, 0.05) is 11.8 Å². The van der Waals surface area contributed by atoms with Crippen molar-refractivity contribution in [2.24, 2.45) is 0 Å². The van der Waals surface area contributed by atoms with Crippen molar-refractivity contribution in [1.82, 2.24) is 10.1 Å². The number of aromatic nitrogens is 2. The zero-order valence-corrected chi connectivity index (χ0v) is 7.35. The predicted molar refractivity (Wildman–Crippen MR) is 46.7 cm³/mol. The molecule has 0 aromatic carbocycles. The fraction of sp³-hybridized carbons (Fsp3) is 0. The first-order valence-electron chi connectivity index (χ1n) is 3.97. The van der Waals surface area contributed by atoms with Crippen molar-refractivity contribution in [3.05, 3.63) is 36.0 Å². The smallest absolute Gasteiger partial charge is 0.341 e. The highest BCUT2D eigenvalue weighted by molar-refractivity contribution is 5.93. The van der Waals surface area contributed by atoms with Crippen molar-refractivity contribution in [3.63, 3.8) is 0 Å². The molecule has 1 N–H and O–H groups in total. The van der Waals surface area contributed by atoms with Crippen LogP contribution in [0, 0.1) is 5.82 Å². The molecule has 0 amide bonds. The Kier molecular flexibility index (Phi) is 2.17. The van der Waals surface area contributed by atoms with Crippen LogP contribution in [0.2, 0.25) is 0 Å². The lowest BCUT2D eigenvalue weighted by atomic mass is 10.1. The van der Waals surface area contributed by atoms with E-state index >= 15 is 0 Å². The van der Waals surface area contributed by atoms with Crippen LogP contribution < -0.4 is 0 Å². The number of hydrogen-bond donors (Lipinski definition) is 1. The molecule has 0 saturated carbocycles. The summed E-state index contributed by atoms with van der Waals surface area (Å²) in [7, 11) is 0. The number of nitrogens with zero attached hydrogens (tertiary/aromatic N) is 2. The van der Waals surface area contributed by atoms with Gasteiger partial charge < -0.3 is 9.63 Å².